The lowest BCUT2D eigenvalue weighted by Crippen LogP contribution is -2.09. The molecule has 3 aromatic heterocycles. The Hall–Kier alpha value is -2.84. The van der Waals surface area contributed by atoms with E-state index in [1.165, 1.54) is 11.3 Å². The topological polar surface area (TPSA) is 93.6 Å². The third-order valence-electron chi connectivity index (χ3n) is 5.63. The van der Waals surface area contributed by atoms with Crippen molar-refractivity contribution in [1.29, 1.82) is 0 Å². The van der Waals surface area contributed by atoms with Crippen LogP contribution in [-0.4, -0.2) is 41.4 Å². The van der Waals surface area contributed by atoms with E-state index in [0.29, 0.717) is 24.3 Å². The fourth-order valence-corrected chi connectivity index (χ4v) is 5.64. The van der Waals surface area contributed by atoms with Crippen LogP contribution in [0.2, 0.25) is 0 Å². The van der Waals surface area contributed by atoms with Crippen molar-refractivity contribution in [2.45, 2.75) is 26.7 Å². The number of benzene rings is 1. The highest BCUT2D eigenvalue weighted by Gasteiger charge is 2.19. The molecule has 194 valence electrons. The minimum absolute atomic E-state index is 0.104. The van der Waals surface area contributed by atoms with Gasteiger partial charge < -0.3 is 19.9 Å². The Morgan fingerprint density at radius 3 is 2.73 bits per heavy atom. The van der Waals surface area contributed by atoms with E-state index in [2.05, 4.69) is 33.4 Å². The van der Waals surface area contributed by atoms with Crippen LogP contribution in [0.4, 0.5) is 10.9 Å². The van der Waals surface area contributed by atoms with Crippen molar-refractivity contribution in [3.8, 4) is 27.4 Å². The predicted molar refractivity (Wildman–Crippen MR) is 155 cm³/mol. The van der Waals surface area contributed by atoms with E-state index in [4.69, 9.17) is 14.5 Å². The molecule has 0 aliphatic carbocycles. The number of rotatable bonds is 12. The molecular formula is C27H30N3O4PS2. The van der Waals surface area contributed by atoms with Crippen molar-refractivity contribution < 1.29 is 19.4 Å². The number of nitrogens with zero attached hydrogens (tertiary/aromatic N) is 2. The molecule has 1 unspecified atom stereocenters. The molecule has 4 rings (SSSR count). The lowest BCUT2D eigenvalue weighted by atomic mass is 10.0. The van der Waals surface area contributed by atoms with Crippen LogP contribution in [0.3, 0.4) is 0 Å². The zero-order valence-electron chi connectivity index (χ0n) is 21.0. The molecule has 0 aliphatic rings. The number of ether oxygens (including phenoxy) is 2. The zero-order valence-corrected chi connectivity index (χ0v) is 23.8. The zero-order chi connectivity index (χ0) is 26.4. The summed E-state index contributed by atoms with van der Waals surface area (Å²) in [6.45, 7) is 5.35. The summed E-state index contributed by atoms with van der Waals surface area (Å²) in [4.78, 5) is 23.5. The molecule has 0 radical (unpaired) electrons. The lowest BCUT2D eigenvalue weighted by molar-refractivity contribution is 0.0697. The van der Waals surface area contributed by atoms with Crippen molar-refractivity contribution in [3.63, 3.8) is 0 Å². The van der Waals surface area contributed by atoms with Crippen LogP contribution in [0.5, 0.6) is 5.75 Å². The maximum atomic E-state index is 12.1. The molecule has 10 heteroatoms. The van der Waals surface area contributed by atoms with E-state index in [0.717, 1.165) is 50.5 Å². The van der Waals surface area contributed by atoms with Crippen LogP contribution >= 0.6 is 31.9 Å². The molecule has 0 amide bonds. The SMILES string of the molecule is COCCOc1cc(-c2nc(Nc3ncc(-c4cccs4)cc3C(=O)O)sc2CCC(C)C)ccc1P. The maximum Gasteiger partial charge on any atom is 0.339 e. The molecular weight excluding hydrogens is 525 g/mol. The number of pyridine rings is 1. The van der Waals surface area contributed by atoms with Crippen LogP contribution in [0.1, 0.15) is 35.5 Å². The number of aryl methyl sites for hydroxylation is 1. The first-order valence-corrected chi connectivity index (χ1v) is 14.2. The van der Waals surface area contributed by atoms with Gasteiger partial charge in [0.25, 0.3) is 0 Å². The van der Waals surface area contributed by atoms with Crippen LogP contribution in [0.15, 0.2) is 48.0 Å². The number of anilines is 2. The van der Waals surface area contributed by atoms with E-state index < -0.39 is 5.97 Å². The van der Waals surface area contributed by atoms with Gasteiger partial charge in [-0.05, 0) is 42.3 Å². The Bertz CT molecular complexity index is 1360. The van der Waals surface area contributed by atoms with Gasteiger partial charge in [0, 0.05) is 39.5 Å². The average molecular weight is 556 g/mol. The first kappa shape index (κ1) is 27.2. The van der Waals surface area contributed by atoms with Gasteiger partial charge in [-0.1, -0.05) is 32.0 Å². The summed E-state index contributed by atoms with van der Waals surface area (Å²) in [5.41, 5.74) is 2.68. The van der Waals surface area contributed by atoms with Crippen LogP contribution in [0, 0.1) is 5.92 Å². The number of nitrogens with one attached hydrogen (secondary N) is 1. The molecule has 1 aromatic carbocycles. The average Bonchev–Trinajstić information content (AvgIpc) is 3.55. The van der Waals surface area contributed by atoms with Crippen LogP contribution in [0.25, 0.3) is 21.7 Å². The third-order valence-corrected chi connectivity index (χ3v) is 8.05. The molecule has 1 atom stereocenters. The number of carbonyl (C=O) groups is 1. The highest BCUT2D eigenvalue weighted by atomic mass is 32.1. The molecule has 0 spiro atoms. The minimum Gasteiger partial charge on any atom is -0.491 e. The summed E-state index contributed by atoms with van der Waals surface area (Å²) < 4.78 is 11.0. The van der Waals surface area contributed by atoms with E-state index in [1.54, 1.807) is 30.7 Å². The minimum atomic E-state index is -1.04. The van der Waals surface area contributed by atoms with Gasteiger partial charge in [0.1, 0.15) is 23.7 Å². The quantitative estimate of drug-likeness (QED) is 0.152. The molecule has 0 aliphatic heterocycles. The summed E-state index contributed by atoms with van der Waals surface area (Å²) in [7, 11) is 4.34. The van der Waals surface area contributed by atoms with E-state index >= 15 is 0 Å². The highest BCUT2D eigenvalue weighted by Crippen LogP contribution is 2.36. The van der Waals surface area contributed by atoms with Gasteiger partial charge in [-0.15, -0.1) is 31.9 Å². The molecule has 2 N–H and O–H groups in total. The van der Waals surface area contributed by atoms with E-state index in [1.807, 2.05) is 35.7 Å². The van der Waals surface area contributed by atoms with Crippen molar-refractivity contribution >= 4 is 54.1 Å². The molecule has 4 aromatic rings. The summed E-state index contributed by atoms with van der Waals surface area (Å²) in [5.74, 6) is 0.529. The first-order chi connectivity index (χ1) is 17.9. The molecule has 37 heavy (non-hydrogen) atoms. The number of hydrogen-bond acceptors (Lipinski definition) is 8. The standard InChI is InChI=1S/C27H30N3O4PS2/c1-16(2)6-9-23-24(17-7-8-21(35)20(14-17)34-11-10-33-3)29-27(37-23)30-25-19(26(31)32)13-18(15-28-25)22-5-4-12-36-22/h4-5,7-8,12-16H,6,9-11,35H2,1-3H3,(H,31,32)(H,28,29,30). The number of thiophene rings is 1. The number of carboxylic acid groups (broad SMARTS) is 1. The smallest absolute Gasteiger partial charge is 0.339 e. The Kier molecular flexibility index (Phi) is 9.27. The van der Waals surface area contributed by atoms with Crippen LogP contribution in [-0.2, 0) is 11.2 Å². The Morgan fingerprint density at radius 2 is 2.03 bits per heavy atom. The molecule has 0 fully saturated rings. The highest BCUT2D eigenvalue weighted by molar-refractivity contribution is 7.27. The Morgan fingerprint density at radius 1 is 1.19 bits per heavy atom. The molecule has 0 saturated carbocycles. The van der Waals surface area contributed by atoms with Gasteiger partial charge in [-0.2, -0.15) is 0 Å². The number of aromatic nitrogens is 2. The first-order valence-electron chi connectivity index (χ1n) is 11.9. The predicted octanol–water partition coefficient (Wildman–Crippen LogP) is 6.49. The largest absolute Gasteiger partial charge is 0.491 e. The molecule has 0 saturated heterocycles. The Labute approximate surface area is 227 Å². The fourth-order valence-electron chi connectivity index (χ4n) is 3.67. The van der Waals surface area contributed by atoms with E-state index in [9.17, 15) is 9.90 Å². The van der Waals surface area contributed by atoms with Gasteiger partial charge in [0.2, 0.25) is 0 Å². The summed E-state index contributed by atoms with van der Waals surface area (Å²) in [6.07, 6.45) is 3.57. The van der Waals surface area contributed by atoms with Crippen molar-refractivity contribution in [1.82, 2.24) is 9.97 Å². The van der Waals surface area contributed by atoms with Gasteiger partial charge in [-0.25, -0.2) is 14.8 Å². The summed E-state index contributed by atoms with van der Waals surface area (Å²) in [6, 6.07) is 11.5. The number of aromatic carboxylic acids is 1. The van der Waals surface area contributed by atoms with Crippen LogP contribution < -0.4 is 15.4 Å². The fraction of sp³-hybridized carbons (Fsp3) is 0.296. The molecule has 7 nitrogen and oxygen atoms in total. The van der Waals surface area contributed by atoms with Gasteiger partial charge in [0.05, 0.1) is 12.3 Å². The van der Waals surface area contributed by atoms with Gasteiger partial charge in [-0.3, -0.25) is 0 Å². The normalized spacial score (nSPS) is 11.2. The summed E-state index contributed by atoms with van der Waals surface area (Å²) >= 11 is 3.07. The van der Waals surface area contributed by atoms with Crippen molar-refractivity contribution in [3.05, 3.63) is 58.4 Å². The maximum absolute atomic E-state index is 12.1. The molecule has 0 bridgehead atoms. The number of methoxy groups -OCH3 is 1. The number of carboxylic acids is 1. The Balaban J connectivity index is 1.67. The van der Waals surface area contributed by atoms with E-state index in [-0.39, 0.29) is 11.4 Å². The molecule has 3 heterocycles. The monoisotopic (exact) mass is 555 g/mol. The number of hydrogen-bond donors (Lipinski definition) is 2. The third kappa shape index (κ3) is 6.93. The van der Waals surface area contributed by atoms with Gasteiger partial charge >= 0.3 is 5.97 Å². The lowest BCUT2D eigenvalue weighted by Gasteiger charge is -2.11. The second-order valence-electron chi connectivity index (χ2n) is 8.84. The number of thiazole rings is 1. The van der Waals surface area contributed by atoms with Crippen molar-refractivity contribution in [2.24, 2.45) is 5.92 Å². The van der Waals surface area contributed by atoms with Crippen molar-refractivity contribution in [2.75, 3.05) is 25.6 Å². The summed E-state index contributed by atoms with van der Waals surface area (Å²) in [5, 5.41) is 16.6. The second-order valence-corrected chi connectivity index (χ2v) is 11.5. The van der Waals surface area contributed by atoms with Gasteiger partial charge in [0.15, 0.2) is 5.13 Å². The second kappa shape index (κ2) is 12.6.